The molecule has 1 unspecified atom stereocenters. The largest absolute Gasteiger partial charge is 0.383 e. The maximum atomic E-state index is 10.6. The Labute approximate surface area is 131 Å². The molecule has 0 fully saturated rings. The molecule has 1 atom stereocenters. The van der Waals surface area contributed by atoms with E-state index in [9.17, 15) is 5.11 Å². The molecule has 2 heteroatoms. The van der Waals surface area contributed by atoms with Gasteiger partial charge in [-0.2, -0.15) is 0 Å². The van der Waals surface area contributed by atoms with Crippen LogP contribution in [0, 0.1) is 0 Å². The van der Waals surface area contributed by atoms with Crippen LogP contribution in [0.4, 0.5) is 0 Å². The molecule has 112 valence electrons. The van der Waals surface area contributed by atoms with Gasteiger partial charge in [0.15, 0.2) is 0 Å². The molecule has 0 amide bonds. The van der Waals surface area contributed by atoms with Gasteiger partial charge in [-0.3, -0.25) is 0 Å². The lowest BCUT2D eigenvalue weighted by Gasteiger charge is -2.23. The predicted octanol–water partition coefficient (Wildman–Crippen LogP) is 5.01. The lowest BCUT2D eigenvalue weighted by atomic mass is 9.82. The van der Waals surface area contributed by atoms with Gasteiger partial charge in [0, 0.05) is 9.75 Å². The topological polar surface area (TPSA) is 20.2 Å². The molecule has 0 spiro atoms. The molecule has 1 heterocycles. The van der Waals surface area contributed by atoms with E-state index in [-0.39, 0.29) is 5.41 Å². The van der Waals surface area contributed by atoms with E-state index in [0.717, 1.165) is 16.9 Å². The number of thiophene rings is 1. The minimum absolute atomic E-state index is 0.202. The summed E-state index contributed by atoms with van der Waals surface area (Å²) in [7, 11) is 0. The van der Waals surface area contributed by atoms with Crippen LogP contribution in [0.3, 0.4) is 0 Å². The fraction of sp³-hybridized carbons (Fsp3) is 0.474. The second kappa shape index (κ2) is 5.58. The molecule has 1 aliphatic carbocycles. The maximum Gasteiger partial charge on any atom is 0.113 e. The second-order valence-electron chi connectivity index (χ2n) is 6.71. The van der Waals surface area contributed by atoms with Gasteiger partial charge in [-0.25, -0.2) is 0 Å². The predicted molar refractivity (Wildman–Crippen MR) is 90.2 cm³/mol. The zero-order valence-electron chi connectivity index (χ0n) is 13.1. The Kier molecular flexibility index (Phi) is 3.94. The number of hydrogen-bond donors (Lipinski definition) is 1. The third-order valence-electron chi connectivity index (χ3n) is 4.93. The number of aryl methyl sites for hydroxylation is 2. The average molecular weight is 300 g/mol. The van der Waals surface area contributed by atoms with Crippen LogP contribution in [0.5, 0.6) is 0 Å². The highest BCUT2D eigenvalue weighted by atomic mass is 32.1. The number of benzene rings is 1. The summed E-state index contributed by atoms with van der Waals surface area (Å²) in [4.78, 5) is 2.58. The van der Waals surface area contributed by atoms with Crippen molar-refractivity contribution in [2.75, 3.05) is 0 Å². The van der Waals surface area contributed by atoms with Crippen LogP contribution in [0.2, 0.25) is 0 Å². The van der Waals surface area contributed by atoms with E-state index in [4.69, 9.17) is 0 Å². The summed E-state index contributed by atoms with van der Waals surface area (Å²) >= 11 is 1.79. The van der Waals surface area contributed by atoms with Crippen molar-refractivity contribution in [3.63, 3.8) is 0 Å². The average Bonchev–Trinajstić information content (AvgIpc) is 3.08. The first-order valence-corrected chi connectivity index (χ1v) is 8.73. The highest BCUT2D eigenvalue weighted by Gasteiger charge is 2.21. The fourth-order valence-corrected chi connectivity index (χ4v) is 4.24. The molecule has 0 radical (unpaired) electrons. The van der Waals surface area contributed by atoms with E-state index in [2.05, 4.69) is 51.1 Å². The molecular weight excluding hydrogens is 276 g/mol. The smallest absolute Gasteiger partial charge is 0.113 e. The van der Waals surface area contributed by atoms with Crippen LogP contribution in [0.15, 0.2) is 30.3 Å². The molecule has 3 rings (SSSR count). The molecule has 0 bridgehead atoms. The van der Waals surface area contributed by atoms with Crippen molar-refractivity contribution in [2.45, 2.75) is 58.0 Å². The monoisotopic (exact) mass is 300 g/mol. The van der Waals surface area contributed by atoms with Gasteiger partial charge >= 0.3 is 0 Å². The normalized spacial score (nSPS) is 16.0. The van der Waals surface area contributed by atoms with Crippen LogP contribution in [0.25, 0.3) is 0 Å². The molecule has 2 aromatic rings. The molecule has 21 heavy (non-hydrogen) atoms. The van der Waals surface area contributed by atoms with Gasteiger partial charge in [0.2, 0.25) is 0 Å². The first-order chi connectivity index (χ1) is 10.0. The summed E-state index contributed by atoms with van der Waals surface area (Å²) < 4.78 is 0. The number of rotatable bonds is 4. The number of hydrogen-bond acceptors (Lipinski definition) is 2. The molecule has 1 aliphatic rings. The quantitative estimate of drug-likeness (QED) is 0.842. The summed E-state index contributed by atoms with van der Waals surface area (Å²) in [5.41, 5.74) is 4.01. The third kappa shape index (κ3) is 2.79. The Balaban J connectivity index is 1.83. The van der Waals surface area contributed by atoms with Gasteiger partial charge in [0.25, 0.3) is 0 Å². The Hall–Kier alpha value is -1.12. The molecule has 0 aliphatic heterocycles. The zero-order valence-corrected chi connectivity index (χ0v) is 14.0. The van der Waals surface area contributed by atoms with Crippen LogP contribution in [-0.4, -0.2) is 5.11 Å². The number of aliphatic hydroxyl groups is 1. The van der Waals surface area contributed by atoms with Gasteiger partial charge in [0.1, 0.15) is 6.10 Å². The van der Waals surface area contributed by atoms with Crippen molar-refractivity contribution in [2.24, 2.45) is 0 Å². The van der Waals surface area contributed by atoms with Crippen LogP contribution in [0.1, 0.15) is 66.2 Å². The van der Waals surface area contributed by atoms with Crippen molar-refractivity contribution in [3.05, 3.63) is 56.8 Å². The van der Waals surface area contributed by atoms with Crippen molar-refractivity contribution < 1.29 is 5.11 Å². The van der Waals surface area contributed by atoms with Gasteiger partial charge in [-0.15, -0.1) is 11.3 Å². The minimum Gasteiger partial charge on any atom is -0.383 e. The van der Waals surface area contributed by atoms with Crippen molar-refractivity contribution >= 4 is 11.3 Å². The lowest BCUT2D eigenvalue weighted by molar-refractivity contribution is 0.224. The molecular formula is C19H24OS. The summed E-state index contributed by atoms with van der Waals surface area (Å²) in [6.45, 7) is 6.75. The SMILES string of the molecule is CCC(C)(C)c1ccc(C(O)c2cc3c(s2)CCC3)cc1. The summed E-state index contributed by atoms with van der Waals surface area (Å²) in [6.07, 6.45) is 4.29. The molecule has 1 N–H and O–H groups in total. The van der Waals surface area contributed by atoms with E-state index in [1.54, 1.807) is 11.3 Å². The Bertz CT molecular complexity index is 600. The van der Waals surface area contributed by atoms with Crippen molar-refractivity contribution in [1.29, 1.82) is 0 Å². The van der Waals surface area contributed by atoms with Gasteiger partial charge in [0.05, 0.1) is 0 Å². The van der Waals surface area contributed by atoms with Gasteiger partial charge in [-0.05, 0) is 53.9 Å². The third-order valence-corrected chi connectivity index (χ3v) is 6.22. The van der Waals surface area contributed by atoms with Crippen molar-refractivity contribution in [3.8, 4) is 0 Å². The van der Waals surface area contributed by atoms with Crippen LogP contribution < -0.4 is 0 Å². The van der Waals surface area contributed by atoms with E-state index in [1.807, 2.05) is 0 Å². The minimum atomic E-state index is -0.473. The molecule has 1 aromatic carbocycles. The fourth-order valence-electron chi connectivity index (χ4n) is 2.97. The van der Waals surface area contributed by atoms with Crippen LogP contribution in [-0.2, 0) is 18.3 Å². The van der Waals surface area contributed by atoms with Gasteiger partial charge in [-0.1, -0.05) is 45.0 Å². The van der Waals surface area contributed by atoms with E-state index in [1.165, 1.54) is 35.3 Å². The first kappa shape index (κ1) is 14.8. The highest BCUT2D eigenvalue weighted by molar-refractivity contribution is 7.12. The molecule has 1 aromatic heterocycles. The summed E-state index contributed by atoms with van der Waals surface area (Å²) in [6, 6.07) is 10.7. The van der Waals surface area contributed by atoms with E-state index in [0.29, 0.717) is 0 Å². The van der Waals surface area contributed by atoms with Crippen molar-refractivity contribution in [1.82, 2.24) is 0 Å². The molecule has 1 nitrogen and oxygen atoms in total. The lowest BCUT2D eigenvalue weighted by Crippen LogP contribution is -2.15. The zero-order chi connectivity index (χ0) is 15.0. The van der Waals surface area contributed by atoms with E-state index >= 15 is 0 Å². The van der Waals surface area contributed by atoms with Gasteiger partial charge < -0.3 is 5.11 Å². The molecule has 0 saturated heterocycles. The van der Waals surface area contributed by atoms with E-state index < -0.39 is 6.10 Å². The number of fused-ring (bicyclic) bond motifs is 1. The summed E-state index contributed by atoms with van der Waals surface area (Å²) in [5, 5.41) is 10.6. The Morgan fingerprint density at radius 2 is 1.90 bits per heavy atom. The summed E-state index contributed by atoms with van der Waals surface area (Å²) in [5.74, 6) is 0. The Morgan fingerprint density at radius 3 is 2.52 bits per heavy atom. The Morgan fingerprint density at radius 1 is 1.19 bits per heavy atom. The maximum absolute atomic E-state index is 10.6. The second-order valence-corrected chi connectivity index (χ2v) is 7.88. The standard InChI is InChI=1S/C19H24OS/c1-4-19(2,3)15-10-8-13(9-11-15)18(20)17-12-14-6-5-7-16(14)21-17/h8-12,18,20H,4-7H2,1-3H3. The highest BCUT2D eigenvalue weighted by Crippen LogP contribution is 2.36. The molecule has 0 saturated carbocycles. The number of aliphatic hydroxyl groups excluding tert-OH is 1. The van der Waals surface area contributed by atoms with Crippen LogP contribution >= 0.6 is 11.3 Å². The first-order valence-electron chi connectivity index (χ1n) is 7.91.